The van der Waals surface area contributed by atoms with E-state index in [2.05, 4.69) is 447 Å². The number of thiophene rings is 2. The van der Waals surface area contributed by atoms with Crippen LogP contribution in [0.15, 0.2) is 437 Å². The van der Waals surface area contributed by atoms with Gasteiger partial charge in [-0.15, -0.1) is 22.7 Å². The Kier molecular flexibility index (Phi) is 17.4. The number of nitrogens with zero attached hydrogens (tertiary/aromatic N) is 2. The van der Waals surface area contributed by atoms with Gasteiger partial charge in [0, 0.05) is 68.8 Å². The highest BCUT2D eigenvalue weighted by Gasteiger charge is 2.24. The summed E-state index contributed by atoms with van der Waals surface area (Å²) in [6.07, 6.45) is 0. The molecule has 0 aliphatic rings. The Morgan fingerprint density at radius 1 is 0.149 bits per heavy atom. The summed E-state index contributed by atoms with van der Waals surface area (Å²) in [5.41, 5.74) is 29.7. The molecule has 0 bridgehead atoms. The molecular weight excluding hydrogens is 1410 g/mol. The van der Waals surface area contributed by atoms with Crippen molar-refractivity contribution in [2.75, 3.05) is 9.80 Å². The van der Waals surface area contributed by atoms with Crippen molar-refractivity contribution in [2.45, 2.75) is 0 Å². The maximum Gasteiger partial charge on any atom is 0.0554 e. The van der Waals surface area contributed by atoms with E-state index in [1.54, 1.807) is 0 Å². The average molecular weight is 1490 g/mol. The Morgan fingerprint density at radius 2 is 0.482 bits per heavy atom. The molecule has 0 aliphatic carbocycles. The van der Waals surface area contributed by atoms with Crippen molar-refractivity contribution >= 4 is 119 Å². The molecule has 4 heteroatoms. The van der Waals surface area contributed by atoms with E-state index in [0.29, 0.717) is 0 Å². The van der Waals surface area contributed by atoms with Crippen LogP contribution in [-0.2, 0) is 0 Å². The van der Waals surface area contributed by atoms with E-state index in [-0.39, 0.29) is 0 Å². The highest BCUT2D eigenvalue weighted by atomic mass is 32.1. The number of anilines is 6. The van der Waals surface area contributed by atoms with E-state index in [1.807, 2.05) is 22.7 Å². The fourth-order valence-electron chi connectivity index (χ4n) is 17.1. The van der Waals surface area contributed by atoms with Crippen molar-refractivity contribution in [3.8, 4) is 111 Å². The Labute approximate surface area is 671 Å². The molecule has 2 aromatic heterocycles. The fourth-order valence-corrected chi connectivity index (χ4v) is 19.4. The summed E-state index contributed by atoms with van der Waals surface area (Å²) >= 11 is 3.72. The summed E-state index contributed by atoms with van der Waals surface area (Å²) in [6, 6.07) is 162. The van der Waals surface area contributed by atoms with Crippen molar-refractivity contribution in [3.63, 3.8) is 0 Å². The van der Waals surface area contributed by atoms with Gasteiger partial charge in [-0.1, -0.05) is 309 Å². The van der Waals surface area contributed by atoms with Gasteiger partial charge in [0.25, 0.3) is 0 Å². The maximum atomic E-state index is 2.49. The van der Waals surface area contributed by atoms with E-state index >= 15 is 0 Å². The second-order valence-electron chi connectivity index (χ2n) is 29.5. The number of benzene rings is 19. The number of hydrogen-bond donors (Lipinski definition) is 0. The van der Waals surface area contributed by atoms with Crippen LogP contribution in [0.1, 0.15) is 0 Å². The first-order valence-electron chi connectivity index (χ1n) is 39.0. The predicted octanol–water partition coefficient (Wildman–Crippen LogP) is 32.3. The minimum absolute atomic E-state index is 1.05. The molecule has 0 N–H and O–H groups in total. The topological polar surface area (TPSA) is 6.48 Å². The summed E-state index contributed by atoms with van der Waals surface area (Å²) in [6.45, 7) is 0. The van der Waals surface area contributed by atoms with Crippen LogP contribution in [0.3, 0.4) is 0 Å². The molecule has 114 heavy (non-hydrogen) atoms. The second-order valence-corrected chi connectivity index (χ2v) is 31.7. The normalized spacial score (nSPS) is 11.5. The molecule has 0 aliphatic heterocycles. The summed E-state index contributed by atoms with van der Waals surface area (Å²) in [5, 5.41) is 9.96. The first-order valence-corrected chi connectivity index (χ1v) is 40.6. The molecule has 2 nitrogen and oxygen atoms in total. The molecule has 0 spiro atoms. The van der Waals surface area contributed by atoms with Gasteiger partial charge < -0.3 is 9.80 Å². The van der Waals surface area contributed by atoms with Crippen molar-refractivity contribution < 1.29 is 0 Å². The van der Waals surface area contributed by atoms with Gasteiger partial charge in [-0.2, -0.15) is 0 Å². The fraction of sp³-hybridized carbons (Fsp3) is 0. The summed E-state index contributed by atoms with van der Waals surface area (Å²) in [5.74, 6) is 0. The third-order valence-corrected chi connectivity index (χ3v) is 24.8. The quantitative estimate of drug-likeness (QED) is 0.0951. The molecule has 0 amide bonds. The molecule has 21 aromatic rings. The van der Waals surface area contributed by atoms with Crippen LogP contribution >= 0.6 is 22.7 Å². The Bertz CT molecular complexity index is 7180. The number of rotatable bonds is 16. The van der Waals surface area contributed by atoms with Crippen molar-refractivity contribution in [2.24, 2.45) is 0 Å². The summed E-state index contributed by atoms with van der Waals surface area (Å²) < 4.78 is 5.13. The zero-order chi connectivity index (χ0) is 75.4. The molecule has 0 saturated carbocycles. The predicted molar refractivity (Wildman–Crippen MR) is 491 cm³/mol. The standard InChI is InChI=1S/C110H72N2S2/c1-4-25-73(26-5-1)88-65-89(74-27-6-2-7-28-74)71-96(70-88)112(104-50-24-54-108-110(104)103-46-13-15-52-106(103)114-108)94-43-20-38-83(68-94)80-35-18-40-86(63-80)99-48-22-41-87-64-84(57-60-100(87)99)78-33-16-36-81(61-78)91-66-90(75-29-8-3-9-30-75)69-95(72-91)111(92-58-55-77(56-59-92)101-49-23-53-107-109(101)102-45-12-14-51-105(102)113-107)93-42-19-37-82(67-93)79-34-17-39-85(62-79)98-47-21-32-76-31-10-11-44-97(76)98/h1-72H. The summed E-state index contributed by atoms with van der Waals surface area (Å²) in [4.78, 5) is 4.94. The van der Waals surface area contributed by atoms with Gasteiger partial charge in [0.05, 0.1) is 5.69 Å². The lowest BCUT2D eigenvalue weighted by molar-refractivity contribution is 1.28. The van der Waals surface area contributed by atoms with E-state index in [4.69, 9.17) is 0 Å². The van der Waals surface area contributed by atoms with Crippen LogP contribution in [-0.4, -0.2) is 0 Å². The first-order chi connectivity index (χ1) is 56.5. The Hall–Kier alpha value is -14.3. The van der Waals surface area contributed by atoms with E-state index < -0.39 is 0 Å². The molecule has 2 heterocycles. The highest BCUT2D eigenvalue weighted by Crippen LogP contribution is 2.50. The monoisotopic (exact) mass is 1480 g/mol. The van der Waals surface area contributed by atoms with Gasteiger partial charge in [0.15, 0.2) is 0 Å². The van der Waals surface area contributed by atoms with Crippen molar-refractivity contribution in [1.82, 2.24) is 0 Å². The molecule has 0 atom stereocenters. The average Bonchev–Trinajstić information content (AvgIpc) is 1.51. The molecular formula is C110H72N2S2. The van der Waals surface area contributed by atoms with E-state index in [1.165, 1.54) is 101 Å². The molecule has 0 fully saturated rings. The van der Waals surface area contributed by atoms with Gasteiger partial charge in [-0.25, -0.2) is 0 Å². The van der Waals surface area contributed by atoms with Crippen molar-refractivity contribution in [1.29, 1.82) is 0 Å². The molecule has 534 valence electrons. The summed E-state index contributed by atoms with van der Waals surface area (Å²) in [7, 11) is 0. The first kappa shape index (κ1) is 67.8. The molecule has 19 aromatic carbocycles. The third-order valence-electron chi connectivity index (χ3n) is 22.6. The zero-order valence-corrected chi connectivity index (χ0v) is 63.9. The highest BCUT2D eigenvalue weighted by molar-refractivity contribution is 7.26. The smallest absolute Gasteiger partial charge is 0.0554 e. The molecule has 0 saturated heterocycles. The van der Waals surface area contributed by atoms with Crippen LogP contribution in [0, 0.1) is 0 Å². The third kappa shape index (κ3) is 12.8. The zero-order valence-electron chi connectivity index (χ0n) is 62.3. The maximum absolute atomic E-state index is 2.49. The van der Waals surface area contributed by atoms with Gasteiger partial charge in [0.2, 0.25) is 0 Å². The lowest BCUT2D eigenvalue weighted by Crippen LogP contribution is -2.11. The molecule has 21 rings (SSSR count). The van der Waals surface area contributed by atoms with E-state index in [0.717, 1.165) is 106 Å². The molecule has 0 unspecified atom stereocenters. The second kappa shape index (κ2) is 29.2. The molecule has 0 radical (unpaired) electrons. The van der Waals surface area contributed by atoms with Crippen LogP contribution in [0.2, 0.25) is 0 Å². The van der Waals surface area contributed by atoms with Crippen LogP contribution in [0.25, 0.3) is 173 Å². The SMILES string of the molecule is c1ccc(-c2cc(-c3cccc(-c4ccc5c(-c6cccc(-c7cccc(N(c8cc(-c9ccccc9)cc(-c9ccccc9)c8)c8cccc9sc%10ccccc%10c89)c7)c6)cccc5c4)c3)cc(N(c3ccc(-c4cccc5sc6ccccc6c45)cc3)c3cccc(-c4cccc(-c5cccc6ccccc56)c4)c3)c2)cc1. The lowest BCUT2D eigenvalue weighted by Gasteiger charge is -2.28. The number of fused-ring (bicyclic) bond motifs is 8. The Morgan fingerprint density at radius 3 is 1.05 bits per heavy atom. The lowest BCUT2D eigenvalue weighted by atomic mass is 9.92. The minimum Gasteiger partial charge on any atom is -0.310 e. The Balaban J connectivity index is 0.644. The van der Waals surface area contributed by atoms with Crippen LogP contribution < -0.4 is 9.80 Å². The van der Waals surface area contributed by atoms with Crippen LogP contribution in [0.5, 0.6) is 0 Å². The largest absolute Gasteiger partial charge is 0.310 e. The van der Waals surface area contributed by atoms with Crippen molar-refractivity contribution in [3.05, 3.63) is 437 Å². The van der Waals surface area contributed by atoms with Crippen LogP contribution in [0.4, 0.5) is 34.1 Å². The number of hydrogen-bond acceptors (Lipinski definition) is 4. The van der Waals surface area contributed by atoms with Gasteiger partial charge in [0.1, 0.15) is 0 Å². The van der Waals surface area contributed by atoms with E-state index in [9.17, 15) is 0 Å². The van der Waals surface area contributed by atoms with Gasteiger partial charge in [-0.05, 0) is 260 Å². The minimum atomic E-state index is 1.05. The van der Waals surface area contributed by atoms with Gasteiger partial charge >= 0.3 is 0 Å². The van der Waals surface area contributed by atoms with Gasteiger partial charge in [-0.3, -0.25) is 0 Å².